The van der Waals surface area contributed by atoms with E-state index in [1.807, 2.05) is 0 Å². The molecule has 0 aliphatic heterocycles. The normalized spacial score (nSPS) is 13.6. The number of rotatable bonds is 7. The Labute approximate surface area is 511 Å². The fraction of sp³-hybridized carbons (Fsp3) is 0.0233. The molecule has 1 aromatic heterocycles. The Bertz CT molecular complexity index is 5270. The van der Waals surface area contributed by atoms with E-state index in [0.717, 1.165) is 28.3 Å². The lowest BCUT2D eigenvalue weighted by molar-refractivity contribution is 0.792. The fourth-order valence-corrected chi connectivity index (χ4v) is 16.5. The molecule has 0 N–H and O–H groups in total. The lowest BCUT2D eigenvalue weighted by Crippen LogP contribution is -2.26. The van der Waals surface area contributed by atoms with E-state index in [4.69, 9.17) is 0 Å². The topological polar surface area (TPSA) is 8.17 Å². The molecule has 0 amide bonds. The van der Waals surface area contributed by atoms with Crippen LogP contribution >= 0.6 is 0 Å². The van der Waals surface area contributed by atoms with Crippen molar-refractivity contribution in [2.24, 2.45) is 0 Å². The molecule has 0 radical (unpaired) electrons. The van der Waals surface area contributed by atoms with Crippen LogP contribution in [0.25, 0.3) is 105 Å². The van der Waals surface area contributed by atoms with Crippen molar-refractivity contribution < 1.29 is 0 Å². The van der Waals surface area contributed by atoms with Crippen molar-refractivity contribution in [3.63, 3.8) is 0 Å². The Hall–Kier alpha value is -11.3. The molecule has 2 nitrogen and oxygen atoms in total. The molecule has 4 aliphatic carbocycles. The van der Waals surface area contributed by atoms with Gasteiger partial charge in [0.2, 0.25) is 0 Å². The molecule has 0 unspecified atom stereocenters. The molecule has 0 atom stereocenters. The molecule has 2 spiro atoms. The highest BCUT2D eigenvalue weighted by Crippen LogP contribution is 2.66. The van der Waals surface area contributed by atoms with Gasteiger partial charge in [0.15, 0.2) is 0 Å². The summed E-state index contributed by atoms with van der Waals surface area (Å²) in [5, 5.41) is 2.44. The highest BCUT2D eigenvalue weighted by atomic mass is 15.1. The molecule has 2 heteroatoms. The fourth-order valence-electron chi connectivity index (χ4n) is 16.5. The van der Waals surface area contributed by atoms with Crippen LogP contribution in [0.2, 0.25) is 0 Å². The number of anilines is 3. The second kappa shape index (κ2) is 18.6. The van der Waals surface area contributed by atoms with Crippen LogP contribution in [0.1, 0.15) is 44.5 Å². The molecular weight excluding hydrogens is 1060 g/mol. The minimum atomic E-state index is -0.464. The molecule has 0 saturated carbocycles. The van der Waals surface area contributed by atoms with Gasteiger partial charge in [-0.25, -0.2) is 0 Å². The number of aromatic nitrogens is 1. The van der Waals surface area contributed by atoms with E-state index in [2.05, 4.69) is 337 Å². The zero-order chi connectivity index (χ0) is 57.7. The standard InChI is InChI=1S/C86H54N2/c1-3-20-55(21-4-1)57-38-44-61(45-39-57)87(83-37-19-36-79-84(83)70-29-12-18-35-78(70)85(79)73-30-13-7-24-64(73)65-25-8-14-31-74(65)85)62-46-40-58(41-47-62)60-43-51-82-72(53-60)71-52-59(56-22-5-2-6-23-56)42-50-81(71)88(82)63-48-49-69-68-28-11-17-34-77(68)86(80(69)54-63)75-32-15-9-26-66(75)67-27-10-16-33-76(67)86/h1-54H. The van der Waals surface area contributed by atoms with Gasteiger partial charge in [0, 0.05) is 33.4 Å². The summed E-state index contributed by atoms with van der Waals surface area (Å²) in [5.74, 6) is 0. The van der Waals surface area contributed by atoms with E-state index < -0.39 is 10.8 Å². The van der Waals surface area contributed by atoms with Gasteiger partial charge >= 0.3 is 0 Å². The first-order valence-electron chi connectivity index (χ1n) is 30.7. The summed E-state index contributed by atoms with van der Waals surface area (Å²) in [6.07, 6.45) is 0. The van der Waals surface area contributed by atoms with Crippen LogP contribution in [0.15, 0.2) is 328 Å². The van der Waals surface area contributed by atoms with E-state index in [9.17, 15) is 0 Å². The summed E-state index contributed by atoms with van der Waals surface area (Å²) in [6.45, 7) is 0. The van der Waals surface area contributed by atoms with Crippen molar-refractivity contribution >= 4 is 38.9 Å². The van der Waals surface area contributed by atoms with Crippen LogP contribution in [-0.4, -0.2) is 4.57 Å². The summed E-state index contributed by atoms with van der Waals surface area (Å²) >= 11 is 0. The van der Waals surface area contributed by atoms with Crippen LogP contribution < -0.4 is 4.90 Å². The SMILES string of the molecule is c1ccc(-c2ccc(N(c3ccc(-c4ccc5c(c4)c4cc(-c6ccccc6)ccc4n5-c4ccc5c(c4)C4(c6ccccc6-c6ccccc64)c4ccccc4-5)cc3)c3cccc4c3-c3ccccc3C43c4ccccc4-c4ccccc43)cc2)cc1. The predicted octanol–water partition coefficient (Wildman–Crippen LogP) is 21.9. The first-order chi connectivity index (χ1) is 43.7. The van der Waals surface area contributed by atoms with Gasteiger partial charge in [-0.05, 0) is 184 Å². The van der Waals surface area contributed by atoms with Crippen molar-refractivity contribution in [1.29, 1.82) is 0 Å². The van der Waals surface area contributed by atoms with Crippen molar-refractivity contribution in [2.75, 3.05) is 4.90 Å². The summed E-state index contributed by atoms with van der Waals surface area (Å²) in [6, 6.07) is 123. The molecule has 0 bridgehead atoms. The van der Waals surface area contributed by atoms with Crippen LogP contribution in [0.4, 0.5) is 17.1 Å². The third kappa shape index (κ3) is 6.61. The summed E-state index contributed by atoms with van der Waals surface area (Å²) < 4.78 is 2.51. The third-order valence-corrected chi connectivity index (χ3v) is 20.0. The maximum atomic E-state index is 2.51. The van der Waals surface area contributed by atoms with Crippen molar-refractivity contribution in [1.82, 2.24) is 4.57 Å². The quantitative estimate of drug-likeness (QED) is 0.154. The van der Waals surface area contributed by atoms with E-state index in [1.54, 1.807) is 0 Å². The average Bonchev–Trinajstić information content (AvgIpc) is 1.53. The lowest BCUT2D eigenvalue weighted by Gasteiger charge is -2.32. The zero-order valence-corrected chi connectivity index (χ0v) is 48.1. The highest BCUT2D eigenvalue weighted by Gasteiger charge is 2.53. The monoisotopic (exact) mass is 1110 g/mol. The second-order valence-electron chi connectivity index (χ2n) is 24.2. The lowest BCUT2D eigenvalue weighted by atomic mass is 9.70. The maximum Gasteiger partial charge on any atom is 0.0726 e. The summed E-state index contributed by atoms with van der Waals surface area (Å²) in [7, 11) is 0. The maximum absolute atomic E-state index is 2.51. The van der Waals surface area contributed by atoms with Crippen LogP contribution in [0.5, 0.6) is 0 Å². The number of nitrogens with zero attached hydrogens (tertiary/aromatic N) is 2. The molecule has 0 fully saturated rings. The van der Waals surface area contributed by atoms with Gasteiger partial charge in [-0.2, -0.15) is 0 Å². The second-order valence-corrected chi connectivity index (χ2v) is 24.2. The zero-order valence-electron chi connectivity index (χ0n) is 48.1. The van der Waals surface area contributed by atoms with Crippen molar-refractivity contribution in [3.05, 3.63) is 372 Å². The Kier molecular flexibility index (Phi) is 10.3. The Balaban J connectivity index is 0.777. The van der Waals surface area contributed by atoms with Crippen LogP contribution in [0, 0.1) is 0 Å². The Morgan fingerprint density at radius 3 is 1.03 bits per heavy atom. The average molecular weight is 1120 g/mol. The number of hydrogen-bond acceptors (Lipinski definition) is 1. The van der Waals surface area contributed by atoms with Gasteiger partial charge in [-0.3, -0.25) is 0 Å². The third-order valence-electron chi connectivity index (χ3n) is 20.0. The van der Waals surface area contributed by atoms with Gasteiger partial charge in [0.05, 0.1) is 27.6 Å². The van der Waals surface area contributed by atoms with Crippen molar-refractivity contribution in [3.8, 4) is 83.6 Å². The number of benzene rings is 14. The minimum absolute atomic E-state index is 0.448. The van der Waals surface area contributed by atoms with E-state index >= 15 is 0 Å². The first-order valence-corrected chi connectivity index (χ1v) is 30.7. The molecule has 1 heterocycles. The van der Waals surface area contributed by atoms with Crippen LogP contribution in [0.3, 0.4) is 0 Å². The van der Waals surface area contributed by atoms with Gasteiger partial charge in [0.25, 0.3) is 0 Å². The van der Waals surface area contributed by atoms with Gasteiger partial charge in [-0.1, -0.05) is 261 Å². The number of hydrogen-bond donors (Lipinski definition) is 0. The van der Waals surface area contributed by atoms with Gasteiger partial charge in [-0.15, -0.1) is 0 Å². The molecular formula is C86H54N2. The molecule has 15 aromatic rings. The number of fused-ring (bicyclic) bond motifs is 23. The molecule has 19 rings (SSSR count). The Morgan fingerprint density at radius 2 is 0.568 bits per heavy atom. The smallest absolute Gasteiger partial charge is 0.0726 e. The summed E-state index contributed by atoms with van der Waals surface area (Å²) in [5.41, 5.74) is 34.1. The van der Waals surface area contributed by atoms with Gasteiger partial charge < -0.3 is 9.47 Å². The molecule has 14 aromatic carbocycles. The van der Waals surface area contributed by atoms with Crippen LogP contribution in [-0.2, 0) is 10.8 Å². The largest absolute Gasteiger partial charge is 0.310 e. The van der Waals surface area contributed by atoms with Gasteiger partial charge in [0.1, 0.15) is 0 Å². The molecule has 88 heavy (non-hydrogen) atoms. The molecule has 408 valence electrons. The first kappa shape index (κ1) is 49.0. The predicted molar refractivity (Wildman–Crippen MR) is 364 cm³/mol. The summed E-state index contributed by atoms with van der Waals surface area (Å²) in [4.78, 5) is 2.49. The Morgan fingerprint density at radius 1 is 0.227 bits per heavy atom. The van der Waals surface area contributed by atoms with E-state index in [1.165, 1.54) is 139 Å². The molecule has 4 aliphatic rings. The minimum Gasteiger partial charge on any atom is -0.310 e. The van der Waals surface area contributed by atoms with E-state index in [0.29, 0.717) is 0 Å². The van der Waals surface area contributed by atoms with E-state index in [-0.39, 0.29) is 0 Å². The molecule has 0 saturated heterocycles. The van der Waals surface area contributed by atoms with Crippen molar-refractivity contribution in [2.45, 2.75) is 10.8 Å². The highest BCUT2D eigenvalue weighted by molar-refractivity contribution is 6.12.